The lowest BCUT2D eigenvalue weighted by atomic mass is 10.0. The van der Waals surface area contributed by atoms with E-state index < -0.39 is 12.1 Å². The van der Waals surface area contributed by atoms with E-state index in [1.165, 1.54) is 0 Å². The highest BCUT2D eigenvalue weighted by Crippen LogP contribution is 2.18. The quantitative estimate of drug-likeness (QED) is 0.702. The third-order valence-corrected chi connectivity index (χ3v) is 3.26. The van der Waals surface area contributed by atoms with E-state index in [0.717, 1.165) is 17.7 Å². The fraction of sp³-hybridized carbons (Fsp3) is 0.467. The predicted molar refractivity (Wildman–Crippen MR) is 90.1 cm³/mol. The van der Waals surface area contributed by atoms with Crippen LogP contribution in [0.2, 0.25) is 0 Å². The molecule has 7 heteroatoms. The van der Waals surface area contributed by atoms with Gasteiger partial charge in [0.2, 0.25) is 5.91 Å². The zero-order valence-electron chi connectivity index (χ0n) is 13.3. The van der Waals surface area contributed by atoms with Gasteiger partial charge < -0.3 is 21.3 Å². The number of hydrogen-bond acceptors (Lipinski definition) is 3. The van der Waals surface area contributed by atoms with E-state index >= 15 is 0 Å². The molecular weight excluding hydrogens is 304 g/mol. The minimum atomic E-state index is -0.632. The van der Waals surface area contributed by atoms with E-state index in [-0.39, 0.29) is 24.7 Å². The Morgan fingerprint density at radius 3 is 2.59 bits per heavy atom. The second kappa shape index (κ2) is 10.0. The highest BCUT2D eigenvalue weighted by molar-refractivity contribution is 5.85. The lowest BCUT2D eigenvalue weighted by molar-refractivity contribution is -0.130. The molecule has 1 aromatic rings. The fourth-order valence-corrected chi connectivity index (χ4v) is 2.05. The van der Waals surface area contributed by atoms with Crippen molar-refractivity contribution in [3.8, 4) is 0 Å². The number of amides is 3. The van der Waals surface area contributed by atoms with Crippen molar-refractivity contribution in [2.24, 2.45) is 5.73 Å². The standard InChI is InChI=1S/C15H24N4O2.ClH/c1-11-5-4-6-12(9-11)13(18-15(16)21)10-14(20)19(3)8-7-17-2;/h4-6,9,13,17H,7-8,10H2,1-3H3,(H3,16,18,21);1H. The van der Waals surface area contributed by atoms with Gasteiger partial charge in [0.05, 0.1) is 12.5 Å². The van der Waals surface area contributed by atoms with Crippen molar-refractivity contribution in [2.45, 2.75) is 19.4 Å². The molecule has 0 aliphatic heterocycles. The number of nitrogens with two attached hydrogens (primary N) is 1. The predicted octanol–water partition coefficient (Wildman–Crippen LogP) is 1.19. The van der Waals surface area contributed by atoms with Crippen molar-refractivity contribution in [3.05, 3.63) is 35.4 Å². The molecule has 6 nitrogen and oxygen atoms in total. The maximum absolute atomic E-state index is 12.2. The first-order valence-electron chi connectivity index (χ1n) is 6.95. The largest absolute Gasteiger partial charge is 0.352 e. The van der Waals surface area contributed by atoms with Gasteiger partial charge in [0.25, 0.3) is 0 Å². The molecule has 1 unspecified atom stereocenters. The summed E-state index contributed by atoms with van der Waals surface area (Å²) in [6, 6.07) is 6.65. The normalized spacial score (nSPS) is 11.2. The number of primary amides is 1. The van der Waals surface area contributed by atoms with Crippen LogP contribution in [0.3, 0.4) is 0 Å². The lowest BCUT2D eigenvalue weighted by Gasteiger charge is -2.22. The van der Waals surface area contributed by atoms with Crippen molar-refractivity contribution in [2.75, 3.05) is 27.2 Å². The van der Waals surface area contributed by atoms with Gasteiger partial charge in [-0.05, 0) is 19.5 Å². The average Bonchev–Trinajstić information content (AvgIpc) is 2.43. The van der Waals surface area contributed by atoms with Crippen LogP contribution in [0, 0.1) is 6.92 Å². The van der Waals surface area contributed by atoms with Crippen LogP contribution in [0.15, 0.2) is 24.3 Å². The van der Waals surface area contributed by atoms with Crippen LogP contribution in [0.25, 0.3) is 0 Å². The summed E-state index contributed by atoms with van der Waals surface area (Å²) in [6.45, 7) is 3.30. The van der Waals surface area contributed by atoms with Gasteiger partial charge in [-0.15, -0.1) is 12.4 Å². The molecule has 3 amide bonds. The molecule has 0 bridgehead atoms. The van der Waals surface area contributed by atoms with E-state index in [0.29, 0.717) is 6.54 Å². The molecule has 0 fully saturated rings. The fourth-order valence-electron chi connectivity index (χ4n) is 2.05. The van der Waals surface area contributed by atoms with Crippen LogP contribution in [-0.2, 0) is 4.79 Å². The van der Waals surface area contributed by atoms with Crippen molar-refractivity contribution < 1.29 is 9.59 Å². The zero-order chi connectivity index (χ0) is 15.8. The third kappa shape index (κ3) is 6.78. The van der Waals surface area contributed by atoms with Gasteiger partial charge in [-0.2, -0.15) is 0 Å². The lowest BCUT2D eigenvalue weighted by Crippen LogP contribution is -2.38. The molecule has 0 heterocycles. The minimum Gasteiger partial charge on any atom is -0.352 e. The SMILES string of the molecule is CNCCN(C)C(=O)CC(NC(N)=O)c1cccc(C)c1.Cl. The minimum absolute atomic E-state index is 0. The highest BCUT2D eigenvalue weighted by atomic mass is 35.5. The van der Waals surface area contributed by atoms with E-state index in [1.54, 1.807) is 11.9 Å². The first-order chi connectivity index (χ1) is 9.93. The highest BCUT2D eigenvalue weighted by Gasteiger charge is 2.19. The number of carbonyl (C=O) groups excluding carboxylic acids is 2. The summed E-state index contributed by atoms with van der Waals surface area (Å²) >= 11 is 0. The molecule has 0 aromatic heterocycles. The number of urea groups is 1. The maximum Gasteiger partial charge on any atom is 0.312 e. The number of aryl methyl sites for hydroxylation is 1. The van der Waals surface area contributed by atoms with Crippen LogP contribution < -0.4 is 16.4 Å². The van der Waals surface area contributed by atoms with Crippen LogP contribution in [0.1, 0.15) is 23.6 Å². The Morgan fingerprint density at radius 2 is 2.05 bits per heavy atom. The molecule has 0 radical (unpaired) electrons. The van der Waals surface area contributed by atoms with Crippen LogP contribution in [0.5, 0.6) is 0 Å². The number of nitrogens with one attached hydrogen (secondary N) is 2. The topological polar surface area (TPSA) is 87.5 Å². The Morgan fingerprint density at radius 1 is 1.36 bits per heavy atom. The van der Waals surface area contributed by atoms with E-state index in [1.807, 2.05) is 38.2 Å². The van der Waals surface area contributed by atoms with Gasteiger partial charge in [-0.25, -0.2) is 4.79 Å². The molecule has 0 saturated carbocycles. The van der Waals surface area contributed by atoms with Crippen LogP contribution in [-0.4, -0.2) is 44.0 Å². The summed E-state index contributed by atoms with van der Waals surface area (Å²) in [5.41, 5.74) is 7.16. The summed E-state index contributed by atoms with van der Waals surface area (Å²) in [7, 11) is 3.58. The molecule has 1 atom stereocenters. The number of likely N-dealkylation sites (N-methyl/N-ethyl adjacent to an activating group) is 2. The van der Waals surface area contributed by atoms with Gasteiger partial charge in [-0.3, -0.25) is 4.79 Å². The van der Waals surface area contributed by atoms with Gasteiger partial charge in [0.1, 0.15) is 0 Å². The number of halogens is 1. The smallest absolute Gasteiger partial charge is 0.312 e. The molecule has 0 spiro atoms. The first-order valence-corrected chi connectivity index (χ1v) is 6.95. The second-order valence-electron chi connectivity index (χ2n) is 5.10. The molecule has 0 saturated heterocycles. The van der Waals surface area contributed by atoms with Crippen molar-refractivity contribution in [1.82, 2.24) is 15.5 Å². The zero-order valence-corrected chi connectivity index (χ0v) is 14.1. The van der Waals surface area contributed by atoms with Gasteiger partial charge >= 0.3 is 6.03 Å². The third-order valence-electron chi connectivity index (χ3n) is 3.26. The van der Waals surface area contributed by atoms with Crippen molar-refractivity contribution >= 4 is 24.3 Å². The van der Waals surface area contributed by atoms with Crippen molar-refractivity contribution in [3.63, 3.8) is 0 Å². The molecular formula is C15H25ClN4O2. The summed E-state index contributed by atoms with van der Waals surface area (Å²) in [5, 5.41) is 5.64. The monoisotopic (exact) mass is 328 g/mol. The Bertz CT molecular complexity index is 496. The summed E-state index contributed by atoms with van der Waals surface area (Å²) in [6.07, 6.45) is 0.187. The number of hydrogen-bond donors (Lipinski definition) is 3. The Labute approximate surface area is 137 Å². The first kappa shape index (κ1) is 20.2. The Hall–Kier alpha value is -1.79. The number of rotatable bonds is 7. The summed E-state index contributed by atoms with van der Waals surface area (Å²) in [5.74, 6) is -0.0366. The second-order valence-corrected chi connectivity index (χ2v) is 5.10. The molecule has 0 aliphatic carbocycles. The Balaban J connectivity index is 0.00000441. The molecule has 0 aliphatic rings. The van der Waals surface area contributed by atoms with Crippen molar-refractivity contribution in [1.29, 1.82) is 0 Å². The molecule has 124 valence electrons. The summed E-state index contributed by atoms with van der Waals surface area (Å²) < 4.78 is 0. The van der Waals surface area contributed by atoms with E-state index in [4.69, 9.17) is 5.73 Å². The van der Waals surface area contributed by atoms with Gasteiger partial charge in [0.15, 0.2) is 0 Å². The number of benzene rings is 1. The average molecular weight is 329 g/mol. The van der Waals surface area contributed by atoms with Gasteiger partial charge in [0, 0.05) is 20.1 Å². The van der Waals surface area contributed by atoms with E-state index in [2.05, 4.69) is 10.6 Å². The Kier molecular flexibility index (Phi) is 9.21. The van der Waals surface area contributed by atoms with Gasteiger partial charge in [-0.1, -0.05) is 29.8 Å². The molecule has 1 aromatic carbocycles. The van der Waals surface area contributed by atoms with E-state index in [9.17, 15) is 9.59 Å². The molecule has 22 heavy (non-hydrogen) atoms. The maximum atomic E-state index is 12.2. The van der Waals surface area contributed by atoms with Crippen LogP contribution in [0.4, 0.5) is 4.79 Å². The summed E-state index contributed by atoms with van der Waals surface area (Å²) in [4.78, 5) is 25.0. The molecule has 4 N–H and O–H groups in total. The molecule has 1 rings (SSSR count). The van der Waals surface area contributed by atoms with Crippen LogP contribution >= 0.6 is 12.4 Å². The number of nitrogens with zero attached hydrogens (tertiary/aromatic N) is 1. The number of carbonyl (C=O) groups is 2.